The van der Waals surface area contributed by atoms with Gasteiger partial charge in [0.1, 0.15) is 16.7 Å². The Labute approximate surface area is 149 Å². The van der Waals surface area contributed by atoms with Gasteiger partial charge in [-0.15, -0.1) is 11.3 Å². The molecule has 0 fully saturated rings. The van der Waals surface area contributed by atoms with E-state index < -0.39 is 12.0 Å². The van der Waals surface area contributed by atoms with Crippen LogP contribution in [0.25, 0.3) is 21.6 Å². The van der Waals surface area contributed by atoms with Crippen LogP contribution < -0.4 is 4.90 Å². The number of pyridine rings is 1. The lowest BCUT2D eigenvalue weighted by atomic mass is 10.1. The van der Waals surface area contributed by atoms with Crippen molar-refractivity contribution in [2.75, 3.05) is 11.9 Å². The molecular weight excluding hydrogens is 336 g/mol. The van der Waals surface area contributed by atoms with E-state index in [1.54, 1.807) is 42.6 Å². The van der Waals surface area contributed by atoms with E-state index in [4.69, 9.17) is 9.97 Å². The van der Waals surface area contributed by atoms with E-state index in [0.717, 1.165) is 35.0 Å². The van der Waals surface area contributed by atoms with Crippen molar-refractivity contribution in [3.8, 4) is 11.4 Å². The standard InChI is InChI=1S/C18H18N4O2S/c1-10(18(23)24)22(2)16-14-12-6-3-7-13(12)25-17(14)21-15(20-16)11-5-4-8-19-9-11/h4-5,8-10H,3,6-7H2,1-2H3,(H,23,24). The van der Waals surface area contributed by atoms with E-state index in [2.05, 4.69) is 4.98 Å². The Hall–Kier alpha value is -2.54. The zero-order chi connectivity index (χ0) is 17.6. The third kappa shape index (κ3) is 2.64. The smallest absolute Gasteiger partial charge is 0.326 e. The summed E-state index contributed by atoms with van der Waals surface area (Å²) in [5.74, 6) is 0.405. The molecule has 128 valence electrons. The fourth-order valence-electron chi connectivity index (χ4n) is 3.21. The van der Waals surface area contributed by atoms with Crippen LogP contribution in [-0.2, 0) is 17.6 Å². The molecule has 3 aromatic heterocycles. The van der Waals surface area contributed by atoms with Crippen molar-refractivity contribution >= 4 is 33.3 Å². The molecule has 1 aliphatic carbocycles. The minimum absolute atomic E-state index is 0.583. The van der Waals surface area contributed by atoms with Gasteiger partial charge in [0.15, 0.2) is 5.82 Å². The van der Waals surface area contributed by atoms with Crippen molar-refractivity contribution in [1.29, 1.82) is 0 Å². The third-order valence-electron chi connectivity index (χ3n) is 4.74. The van der Waals surface area contributed by atoms with Gasteiger partial charge in [0, 0.05) is 29.9 Å². The van der Waals surface area contributed by atoms with Gasteiger partial charge in [-0.2, -0.15) is 0 Å². The van der Waals surface area contributed by atoms with Gasteiger partial charge >= 0.3 is 5.97 Å². The van der Waals surface area contributed by atoms with E-state index in [1.807, 2.05) is 12.1 Å². The number of rotatable bonds is 4. The van der Waals surface area contributed by atoms with Crippen LogP contribution in [0.5, 0.6) is 0 Å². The second kappa shape index (κ2) is 6.07. The number of likely N-dealkylation sites (N-methyl/N-ethyl adjacent to an activating group) is 1. The molecule has 0 radical (unpaired) electrons. The first-order valence-electron chi connectivity index (χ1n) is 8.24. The van der Waals surface area contributed by atoms with Gasteiger partial charge in [-0.1, -0.05) is 0 Å². The Morgan fingerprint density at radius 2 is 2.20 bits per heavy atom. The molecule has 0 aliphatic heterocycles. The molecule has 0 spiro atoms. The molecule has 0 saturated heterocycles. The molecule has 6 nitrogen and oxygen atoms in total. The maximum Gasteiger partial charge on any atom is 0.326 e. The summed E-state index contributed by atoms with van der Waals surface area (Å²) in [6.45, 7) is 1.67. The van der Waals surface area contributed by atoms with E-state index in [1.165, 1.54) is 10.4 Å². The van der Waals surface area contributed by atoms with E-state index >= 15 is 0 Å². The van der Waals surface area contributed by atoms with Gasteiger partial charge in [-0.25, -0.2) is 14.8 Å². The number of carboxylic acid groups (broad SMARTS) is 1. The fourth-order valence-corrected chi connectivity index (χ4v) is 4.46. The van der Waals surface area contributed by atoms with Gasteiger partial charge in [0.2, 0.25) is 0 Å². The van der Waals surface area contributed by atoms with Crippen LogP contribution in [0, 0.1) is 0 Å². The largest absolute Gasteiger partial charge is 0.480 e. The molecular formula is C18H18N4O2S. The molecule has 3 aromatic rings. The number of anilines is 1. The molecule has 3 heterocycles. The van der Waals surface area contributed by atoms with Gasteiger partial charge in [0.25, 0.3) is 0 Å². The lowest BCUT2D eigenvalue weighted by Gasteiger charge is -2.24. The molecule has 0 amide bonds. The highest BCUT2D eigenvalue weighted by Gasteiger charge is 2.27. The minimum atomic E-state index is -0.871. The Balaban J connectivity index is 1.95. The molecule has 0 saturated carbocycles. The topological polar surface area (TPSA) is 79.2 Å². The van der Waals surface area contributed by atoms with E-state index in [0.29, 0.717) is 11.6 Å². The number of carbonyl (C=O) groups is 1. The fraction of sp³-hybridized carbons (Fsp3) is 0.333. The Bertz CT molecular complexity index is 955. The first-order chi connectivity index (χ1) is 12.1. The molecule has 1 aliphatic rings. The van der Waals surface area contributed by atoms with Crippen molar-refractivity contribution in [2.24, 2.45) is 0 Å². The Morgan fingerprint density at radius 3 is 2.92 bits per heavy atom. The van der Waals surface area contributed by atoms with Crippen molar-refractivity contribution in [1.82, 2.24) is 15.0 Å². The van der Waals surface area contributed by atoms with Gasteiger partial charge < -0.3 is 10.0 Å². The third-order valence-corrected chi connectivity index (χ3v) is 5.92. The second-order valence-electron chi connectivity index (χ2n) is 6.28. The number of aliphatic carboxylic acids is 1. The van der Waals surface area contributed by atoms with Gasteiger partial charge in [-0.3, -0.25) is 4.98 Å². The van der Waals surface area contributed by atoms with E-state index in [-0.39, 0.29) is 0 Å². The number of carboxylic acids is 1. The molecule has 1 unspecified atom stereocenters. The first-order valence-corrected chi connectivity index (χ1v) is 9.06. The summed E-state index contributed by atoms with van der Waals surface area (Å²) < 4.78 is 0. The summed E-state index contributed by atoms with van der Waals surface area (Å²) in [5, 5.41) is 10.4. The van der Waals surface area contributed by atoms with Crippen molar-refractivity contribution in [2.45, 2.75) is 32.2 Å². The van der Waals surface area contributed by atoms with Crippen molar-refractivity contribution < 1.29 is 9.90 Å². The van der Waals surface area contributed by atoms with Gasteiger partial charge in [-0.05, 0) is 43.9 Å². The normalized spacial score (nSPS) is 14.5. The summed E-state index contributed by atoms with van der Waals surface area (Å²) in [6.07, 6.45) is 6.65. The van der Waals surface area contributed by atoms with Crippen LogP contribution in [0.3, 0.4) is 0 Å². The maximum atomic E-state index is 11.5. The van der Waals surface area contributed by atoms with Gasteiger partial charge in [0.05, 0.1) is 5.39 Å². The van der Waals surface area contributed by atoms with Crippen LogP contribution in [0.2, 0.25) is 0 Å². The lowest BCUT2D eigenvalue weighted by Crippen LogP contribution is -2.36. The molecule has 4 rings (SSSR count). The number of aryl methyl sites for hydroxylation is 2. The molecule has 7 heteroatoms. The number of fused-ring (bicyclic) bond motifs is 3. The molecule has 1 N–H and O–H groups in total. The first kappa shape index (κ1) is 16.0. The lowest BCUT2D eigenvalue weighted by molar-refractivity contribution is -0.138. The summed E-state index contributed by atoms with van der Waals surface area (Å²) in [4.78, 5) is 29.1. The number of hydrogen-bond donors (Lipinski definition) is 1. The SMILES string of the molecule is CC(C(=O)O)N(C)c1nc(-c2cccnc2)nc2sc3c(c12)CCC3. The number of nitrogens with zero attached hydrogens (tertiary/aromatic N) is 4. The average Bonchev–Trinajstić information content (AvgIpc) is 3.21. The summed E-state index contributed by atoms with van der Waals surface area (Å²) in [5.41, 5.74) is 2.12. The molecule has 1 atom stereocenters. The zero-order valence-corrected chi connectivity index (χ0v) is 14.9. The van der Waals surface area contributed by atoms with Crippen LogP contribution >= 0.6 is 11.3 Å². The molecule has 0 aromatic carbocycles. The number of aromatic nitrogens is 3. The van der Waals surface area contributed by atoms with Crippen LogP contribution in [-0.4, -0.2) is 39.1 Å². The Kier molecular flexibility index (Phi) is 3.88. The summed E-state index contributed by atoms with van der Waals surface area (Å²) in [7, 11) is 1.78. The highest BCUT2D eigenvalue weighted by molar-refractivity contribution is 7.19. The predicted molar refractivity (Wildman–Crippen MR) is 98.2 cm³/mol. The summed E-state index contributed by atoms with van der Waals surface area (Å²) in [6, 6.07) is 3.09. The maximum absolute atomic E-state index is 11.5. The van der Waals surface area contributed by atoms with Crippen molar-refractivity contribution in [3.05, 3.63) is 35.0 Å². The quantitative estimate of drug-likeness (QED) is 0.775. The second-order valence-corrected chi connectivity index (χ2v) is 7.36. The van der Waals surface area contributed by atoms with E-state index in [9.17, 15) is 9.90 Å². The molecule has 0 bridgehead atoms. The number of hydrogen-bond acceptors (Lipinski definition) is 6. The Morgan fingerprint density at radius 1 is 1.36 bits per heavy atom. The highest BCUT2D eigenvalue weighted by atomic mass is 32.1. The monoisotopic (exact) mass is 354 g/mol. The average molecular weight is 354 g/mol. The zero-order valence-electron chi connectivity index (χ0n) is 14.1. The summed E-state index contributed by atoms with van der Waals surface area (Å²) >= 11 is 1.70. The predicted octanol–water partition coefficient (Wildman–Crippen LogP) is 3.15. The number of thiophene rings is 1. The van der Waals surface area contributed by atoms with Crippen LogP contribution in [0.15, 0.2) is 24.5 Å². The van der Waals surface area contributed by atoms with Crippen molar-refractivity contribution in [3.63, 3.8) is 0 Å². The minimum Gasteiger partial charge on any atom is -0.480 e. The molecule has 25 heavy (non-hydrogen) atoms. The highest BCUT2D eigenvalue weighted by Crippen LogP contribution is 2.41. The van der Waals surface area contributed by atoms with Crippen LogP contribution in [0.4, 0.5) is 5.82 Å². The van der Waals surface area contributed by atoms with Crippen LogP contribution in [0.1, 0.15) is 23.8 Å².